The summed E-state index contributed by atoms with van der Waals surface area (Å²) in [6.07, 6.45) is 0.375. The molecule has 0 radical (unpaired) electrons. The number of hydrogen-bond acceptors (Lipinski definition) is 2. The maximum absolute atomic E-state index is 12.7. The quantitative estimate of drug-likeness (QED) is 0.810. The SMILES string of the molecule is O=C(O)CCC1CN(c2ccc(F)cc2)C1=O. The fourth-order valence-electron chi connectivity index (χ4n) is 1.86. The number of carbonyl (C=O) groups is 2. The molecule has 90 valence electrons. The van der Waals surface area contributed by atoms with Crippen LogP contribution in [-0.4, -0.2) is 23.5 Å². The molecule has 1 heterocycles. The van der Waals surface area contributed by atoms with Crippen molar-refractivity contribution in [1.29, 1.82) is 0 Å². The van der Waals surface area contributed by atoms with Crippen molar-refractivity contribution in [3.8, 4) is 0 Å². The molecule has 1 amide bonds. The van der Waals surface area contributed by atoms with Crippen molar-refractivity contribution in [1.82, 2.24) is 0 Å². The molecule has 1 fully saturated rings. The van der Waals surface area contributed by atoms with Gasteiger partial charge in [-0.1, -0.05) is 0 Å². The minimum Gasteiger partial charge on any atom is -0.481 e. The Kier molecular flexibility index (Phi) is 3.08. The smallest absolute Gasteiger partial charge is 0.303 e. The zero-order chi connectivity index (χ0) is 12.4. The van der Waals surface area contributed by atoms with Gasteiger partial charge in [-0.15, -0.1) is 0 Å². The Hall–Kier alpha value is -1.91. The van der Waals surface area contributed by atoms with Crippen molar-refractivity contribution >= 4 is 17.6 Å². The second kappa shape index (κ2) is 4.53. The highest BCUT2D eigenvalue weighted by atomic mass is 19.1. The molecule has 2 rings (SSSR count). The first kappa shape index (κ1) is 11.6. The van der Waals surface area contributed by atoms with Gasteiger partial charge in [-0.05, 0) is 30.7 Å². The molecule has 0 aromatic heterocycles. The summed E-state index contributed by atoms with van der Waals surface area (Å²) in [5.41, 5.74) is 0.656. The number of benzene rings is 1. The Balaban J connectivity index is 1.93. The number of carboxylic acids is 1. The lowest BCUT2D eigenvalue weighted by atomic mass is 9.93. The van der Waals surface area contributed by atoms with Crippen LogP contribution in [0.2, 0.25) is 0 Å². The molecule has 0 bridgehead atoms. The van der Waals surface area contributed by atoms with E-state index in [4.69, 9.17) is 5.11 Å². The lowest BCUT2D eigenvalue weighted by Crippen LogP contribution is -2.52. The Bertz CT molecular complexity index is 444. The van der Waals surface area contributed by atoms with E-state index < -0.39 is 5.97 Å². The van der Waals surface area contributed by atoms with Crippen LogP contribution in [0, 0.1) is 11.7 Å². The number of nitrogens with zero attached hydrogens (tertiary/aromatic N) is 1. The molecular weight excluding hydrogens is 225 g/mol. The van der Waals surface area contributed by atoms with E-state index in [-0.39, 0.29) is 24.1 Å². The van der Waals surface area contributed by atoms with Crippen molar-refractivity contribution in [2.75, 3.05) is 11.4 Å². The van der Waals surface area contributed by atoms with Gasteiger partial charge >= 0.3 is 5.97 Å². The second-order valence-electron chi connectivity index (χ2n) is 4.05. The molecule has 1 aliphatic heterocycles. The number of anilines is 1. The first-order chi connectivity index (χ1) is 8.08. The van der Waals surface area contributed by atoms with E-state index in [1.165, 1.54) is 17.0 Å². The van der Waals surface area contributed by atoms with Crippen molar-refractivity contribution in [3.05, 3.63) is 30.1 Å². The van der Waals surface area contributed by atoms with E-state index in [9.17, 15) is 14.0 Å². The second-order valence-corrected chi connectivity index (χ2v) is 4.05. The highest BCUT2D eigenvalue weighted by Gasteiger charge is 2.37. The molecule has 1 aliphatic rings. The molecule has 0 spiro atoms. The van der Waals surface area contributed by atoms with Gasteiger partial charge in [0.25, 0.3) is 0 Å². The van der Waals surface area contributed by atoms with E-state index >= 15 is 0 Å². The van der Waals surface area contributed by atoms with Gasteiger partial charge in [0.15, 0.2) is 0 Å². The molecule has 1 unspecified atom stereocenters. The van der Waals surface area contributed by atoms with E-state index in [1.54, 1.807) is 12.1 Å². The van der Waals surface area contributed by atoms with E-state index in [0.717, 1.165) is 0 Å². The predicted molar refractivity (Wildman–Crippen MR) is 59.1 cm³/mol. The van der Waals surface area contributed by atoms with Crippen LogP contribution in [0.25, 0.3) is 0 Å². The summed E-state index contributed by atoms with van der Waals surface area (Å²) in [5, 5.41) is 8.52. The number of carboxylic acid groups (broad SMARTS) is 1. The average molecular weight is 237 g/mol. The lowest BCUT2D eigenvalue weighted by molar-refractivity contribution is -0.137. The van der Waals surface area contributed by atoms with E-state index in [0.29, 0.717) is 18.7 Å². The Morgan fingerprint density at radius 2 is 2.06 bits per heavy atom. The van der Waals surface area contributed by atoms with Crippen LogP contribution in [-0.2, 0) is 9.59 Å². The van der Waals surface area contributed by atoms with Crippen molar-refractivity contribution in [2.45, 2.75) is 12.8 Å². The number of β-lactam (4-membered cyclic amide) rings is 1. The molecule has 5 heteroatoms. The minimum absolute atomic E-state index is 0.00760. The zero-order valence-corrected chi connectivity index (χ0v) is 9.10. The number of rotatable bonds is 4. The summed E-state index contributed by atoms with van der Waals surface area (Å²) in [5.74, 6) is -1.53. The molecule has 0 aliphatic carbocycles. The van der Waals surface area contributed by atoms with Crippen LogP contribution in [0.3, 0.4) is 0 Å². The summed E-state index contributed by atoms with van der Waals surface area (Å²) >= 11 is 0. The fourth-order valence-corrected chi connectivity index (χ4v) is 1.86. The monoisotopic (exact) mass is 237 g/mol. The minimum atomic E-state index is -0.891. The predicted octanol–water partition coefficient (Wildman–Crippen LogP) is 1.65. The van der Waals surface area contributed by atoms with Gasteiger partial charge in [-0.2, -0.15) is 0 Å². The first-order valence-corrected chi connectivity index (χ1v) is 5.36. The topological polar surface area (TPSA) is 57.6 Å². The van der Waals surface area contributed by atoms with E-state index in [2.05, 4.69) is 0 Å². The van der Waals surface area contributed by atoms with Crippen LogP contribution < -0.4 is 4.90 Å². The number of carbonyl (C=O) groups excluding carboxylic acids is 1. The van der Waals surface area contributed by atoms with Gasteiger partial charge in [0.2, 0.25) is 5.91 Å². The Morgan fingerprint density at radius 1 is 1.41 bits per heavy atom. The number of amides is 1. The molecule has 4 nitrogen and oxygen atoms in total. The lowest BCUT2D eigenvalue weighted by Gasteiger charge is -2.38. The van der Waals surface area contributed by atoms with Gasteiger partial charge < -0.3 is 10.0 Å². The summed E-state index contributed by atoms with van der Waals surface area (Å²) < 4.78 is 12.7. The Labute approximate surface area is 97.7 Å². The molecule has 1 saturated heterocycles. The van der Waals surface area contributed by atoms with Crippen LogP contribution in [0.5, 0.6) is 0 Å². The number of halogens is 1. The van der Waals surface area contributed by atoms with Gasteiger partial charge in [0, 0.05) is 18.7 Å². The third-order valence-corrected chi connectivity index (χ3v) is 2.86. The number of hydrogen-bond donors (Lipinski definition) is 1. The standard InChI is InChI=1S/C12H12FNO3/c13-9-2-4-10(5-3-9)14-7-8(12(14)17)1-6-11(15)16/h2-5,8H,1,6-7H2,(H,15,16). The largest absolute Gasteiger partial charge is 0.481 e. The summed E-state index contributed by atoms with van der Waals surface area (Å²) in [6, 6.07) is 5.68. The average Bonchev–Trinajstić information content (AvgIpc) is 2.29. The van der Waals surface area contributed by atoms with Gasteiger partial charge in [-0.3, -0.25) is 9.59 Å². The molecule has 1 N–H and O–H groups in total. The van der Waals surface area contributed by atoms with E-state index in [1.807, 2.05) is 0 Å². The van der Waals surface area contributed by atoms with Gasteiger partial charge in [-0.25, -0.2) is 4.39 Å². The summed E-state index contributed by atoms with van der Waals surface area (Å²) in [4.78, 5) is 23.6. The molecule has 1 aromatic rings. The van der Waals surface area contributed by atoms with Crippen LogP contribution in [0.1, 0.15) is 12.8 Å². The van der Waals surface area contributed by atoms with Crippen molar-refractivity contribution < 1.29 is 19.1 Å². The molecular formula is C12H12FNO3. The molecule has 17 heavy (non-hydrogen) atoms. The Morgan fingerprint density at radius 3 is 2.59 bits per heavy atom. The van der Waals surface area contributed by atoms with Gasteiger partial charge in [0.05, 0.1) is 5.92 Å². The zero-order valence-electron chi connectivity index (χ0n) is 9.10. The van der Waals surface area contributed by atoms with Crippen LogP contribution >= 0.6 is 0 Å². The third kappa shape index (κ3) is 2.43. The van der Waals surface area contributed by atoms with Crippen molar-refractivity contribution in [2.24, 2.45) is 5.92 Å². The van der Waals surface area contributed by atoms with Crippen LogP contribution in [0.15, 0.2) is 24.3 Å². The summed E-state index contributed by atoms with van der Waals surface area (Å²) in [6.45, 7) is 0.512. The molecule has 0 saturated carbocycles. The normalized spacial score (nSPS) is 19.0. The van der Waals surface area contributed by atoms with Gasteiger partial charge in [0.1, 0.15) is 5.82 Å². The first-order valence-electron chi connectivity index (χ1n) is 5.36. The molecule has 1 aromatic carbocycles. The van der Waals surface area contributed by atoms with Crippen LogP contribution in [0.4, 0.5) is 10.1 Å². The third-order valence-electron chi connectivity index (χ3n) is 2.86. The summed E-state index contributed by atoms with van der Waals surface area (Å²) in [7, 11) is 0. The number of aliphatic carboxylic acids is 1. The van der Waals surface area contributed by atoms with Crippen molar-refractivity contribution in [3.63, 3.8) is 0 Å². The maximum atomic E-state index is 12.7. The maximum Gasteiger partial charge on any atom is 0.303 e. The highest BCUT2D eigenvalue weighted by molar-refractivity contribution is 6.01. The molecule has 1 atom stereocenters. The fraction of sp³-hybridized carbons (Fsp3) is 0.333. The highest BCUT2D eigenvalue weighted by Crippen LogP contribution is 2.28.